The summed E-state index contributed by atoms with van der Waals surface area (Å²) in [5.41, 5.74) is 3.42. The molecular weight excluding hydrogens is 344 g/mol. The van der Waals surface area contributed by atoms with Gasteiger partial charge >= 0.3 is 0 Å². The van der Waals surface area contributed by atoms with E-state index < -0.39 is 0 Å². The monoisotopic (exact) mass is 368 g/mol. The second-order valence-electron chi connectivity index (χ2n) is 6.96. The van der Waals surface area contributed by atoms with Gasteiger partial charge in [0, 0.05) is 0 Å². The van der Waals surface area contributed by atoms with Crippen molar-refractivity contribution < 1.29 is 9.53 Å². The molecule has 0 saturated heterocycles. The third-order valence-electron chi connectivity index (χ3n) is 4.24. The summed E-state index contributed by atoms with van der Waals surface area (Å²) in [5, 5.41) is 3.42. The van der Waals surface area contributed by atoms with Crippen LogP contribution >= 0.6 is 11.3 Å². The van der Waals surface area contributed by atoms with Gasteiger partial charge in [-0.1, -0.05) is 57.2 Å². The maximum Gasteiger partial charge on any atom is 0.264 e. The number of anilines is 1. The normalized spacial score (nSPS) is 11.3. The van der Waals surface area contributed by atoms with Crippen molar-refractivity contribution in [3.05, 3.63) is 53.6 Å². The smallest absolute Gasteiger partial charge is 0.264 e. The van der Waals surface area contributed by atoms with Crippen LogP contribution in [0.4, 0.5) is 5.13 Å². The topological polar surface area (TPSA) is 51.2 Å². The van der Waals surface area contributed by atoms with E-state index in [1.54, 1.807) is 0 Å². The van der Waals surface area contributed by atoms with Crippen LogP contribution in [0.3, 0.4) is 0 Å². The van der Waals surface area contributed by atoms with E-state index in [0.717, 1.165) is 10.2 Å². The standard InChI is InChI=1S/C21H24N2O2S/c1-13(2)15-5-8-17(9-6-15)25-12-20(24)23-21-22-18-10-7-16(14(3)4)11-19(18)26-21/h5-11,13-14H,12H2,1-4H3,(H,22,23,24). The van der Waals surface area contributed by atoms with Gasteiger partial charge in [-0.15, -0.1) is 0 Å². The van der Waals surface area contributed by atoms with Gasteiger partial charge in [-0.3, -0.25) is 10.1 Å². The Morgan fingerprint density at radius 1 is 1.04 bits per heavy atom. The third kappa shape index (κ3) is 4.41. The molecule has 2 aromatic carbocycles. The van der Waals surface area contributed by atoms with Crippen LogP contribution in [-0.2, 0) is 4.79 Å². The maximum absolute atomic E-state index is 12.1. The van der Waals surface area contributed by atoms with Crippen LogP contribution in [0, 0.1) is 0 Å². The molecule has 0 saturated carbocycles. The number of aromatic nitrogens is 1. The minimum absolute atomic E-state index is 0.0335. The SMILES string of the molecule is CC(C)c1ccc(OCC(=O)Nc2nc3ccc(C(C)C)cc3s2)cc1. The lowest BCUT2D eigenvalue weighted by molar-refractivity contribution is -0.118. The lowest BCUT2D eigenvalue weighted by Crippen LogP contribution is -2.20. The Morgan fingerprint density at radius 2 is 1.69 bits per heavy atom. The predicted octanol–water partition coefficient (Wildman–Crippen LogP) is 5.56. The summed E-state index contributed by atoms with van der Waals surface area (Å²) in [5.74, 6) is 1.43. The van der Waals surface area contributed by atoms with Gasteiger partial charge in [0.05, 0.1) is 10.2 Å². The van der Waals surface area contributed by atoms with E-state index in [2.05, 4.69) is 50.1 Å². The van der Waals surface area contributed by atoms with E-state index in [-0.39, 0.29) is 12.5 Å². The summed E-state index contributed by atoms with van der Waals surface area (Å²) in [6.07, 6.45) is 0. The first-order chi connectivity index (χ1) is 12.4. The Balaban J connectivity index is 1.60. The zero-order valence-corrected chi connectivity index (χ0v) is 16.4. The number of hydrogen-bond donors (Lipinski definition) is 1. The Morgan fingerprint density at radius 3 is 2.35 bits per heavy atom. The average molecular weight is 369 g/mol. The van der Waals surface area contributed by atoms with Crippen molar-refractivity contribution in [2.45, 2.75) is 39.5 Å². The highest BCUT2D eigenvalue weighted by atomic mass is 32.1. The number of ether oxygens (including phenoxy) is 1. The van der Waals surface area contributed by atoms with Gasteiger partial charge in [0.25, 0.3) is 5.91 Å². The van der Waals surface area contributed by atoms with Crippen LogP contribution in [0.15, 0.2) is 42.5 Å². The number of hydrogen-bond acceptors (Lipinski definition) is 4. The summed E-state index contributed by atoms with van der Waals surface area (Å²) < 4.78 is 6.64. The fourth-order valence-electron chi connectivity index (χ4n) is 2.61. The lowest BCUT2D eigenvalue weighted by atomic mass is 10.0. The van der Waals surface area contributed by atoms with Gasteiger partial charge in [-0.25, -0.2) is 4.98 Å². The van der Waals surface area contributed by atoms with Crippen molar-refractivity contribution in [1.29, 1.82) is 0 Å². The molecule has 0 aliphatic carbocycles. The van der Waals surface area contributed by atoms with Crippen LogP contribution in [0.5, 0.6) is 5.75 Å². The number of thiazole rings is 1. The summed E-state index contributed by atoms with van der Waals surface area (Å²) in [7, 11) is 0. The van der Waals surface area contributed by atoms with E-state index in [1.807, 2.05) is 30.3 Å². The molecule has 3 aromatic rings. The van der Waals surface area contributed by atoms with E-state index in [0.29, 0.717) is 22.7 Å². The molecule has 1 N–H and O–H groups in total. The van der Waals surface area contributed by atoms with Crippen LogP contribution < -0.4 is 10.1 Å². The summed E-state index contributed by atoms with van der Waals surface area (Å²) in [4.78, 5) is 16.6. The van der Waals surface area contributed by atoms with Gasteiger partial charge in [-0.2, -0.15) is 0 Å². The molecule has 1 aromatic heterocycles. The Bertz CT molecular complexity index is 898. The number of nitrogens with one attached hydrogen (secondary N) is 1. The molecule has 0 radical (unpaired) electrons. The minimum Gasteiger partial charge on any atom is -0.484 e. The molecule has 0 unspecified atom stereocenters. The number of carbonyl (C=O) groups is 1. The number of amides is 1. The molecule has 0 spiro atoms. The fourth-order valence-corrected chi connectivity index (χ4v) is 3.54. The molecule has 5 heteroatoms. The van der Waals surface area contributed by atoms with Crippen molar-refractivity contribution in [3.8, 4) is 5.75 Å². The fraction of sp³-hybridized carbons (Fsp3) is 0.333. The molecular formula is C21H24N2O2S. The molecule has 1 heterocycles. The van der Waals surface area contributed by atoms with E-state index in [4.69, 9.17) is 4.74 Å². The highest BCUT2D eigenvalue weighted by Crippen LogP contribution is 2.29. The number of benzene rings is 2. The number of fused-ring (bicyclic) bond motifs is 1. The van der Waals surface area contributed by atoms with Crippen LogP contribution in [-0.4, -0.2) is 17.5 Å². The minimum atomic E-state index is -0.207. The van der Waals surface area contributed by atoms with Crippen molar-refractivity contribution in [3.63, 3.8) is 0 Å². The molecule has 0 atom stereocenters. The number of nitrogens with zero attached hydrogens (tertiary/aromatic N) is 1. The summed E-state index contributed by atoms with van der Waals surface area (Å²) in [6, 6.07) is 14.1. The van der Waals surface area contributed by atoms with Crippen LogP contribution in [0.2, 0.25) is 0 Å². The molecule has 4 nitrogen and oxygen atoms in total. The Labute approximate surface area is 158 Å². The van der Waals surface area contributed by atoms with Crippen molar-refractivity contribution >= 4 is 32.6 Å². The molecule has 1 amide bonds. The van der Waals surface area contributed by atoms with Crippen molar-refractivity contribution in [2.24, 2.45) is 0 Å². The van der Waals surface area contributed by atoms with Gasteiger partial charge in [0.15, 0.2) is 11.7 Å². The molecule has 26 heavy (non-hydrogen) atoms. The number of rotatable bonds is 6. The zero-order chi connectivity index (χ0) is 18.7. The highest BCUT2D eigenvalue weighted by Gasteiger charge is 2.10. The lowest BCUT2D eigenvalue weighted by Gasteiger charge is -2.08. The zero-order valence-electron chi connectivity index (χ0n) is 15.6. The first kappa shape index (κ1) is 18.4. The second kappa shape index (κ2) is 7.87. The van der Waals surface area contributed by atoms with Crippen molar-refractivity contribution in [2.75, 3.05) is 11.9 Å². The molecule has 0 aliphatic rings. The van der Waals surface area contributed by atoms with Crippen LogP contribution in [0.1, 0.15) is 50.7 Å². The highest BCUT2D eigenvalue weighted by molar-refractivity contribution is 7.22. The Kier molecular flexibility index (Phi) is 5.57. The first-order valence-electron chi connectivity index (χ1n) is 8.85. The molecule has 3 rings (SSSR count). The molecule has 0 aliphatic heterocycles. The summed E-state index contributed by atoms with van der Waals surface area (Å²) in [6.45, 7) is 8.58. The predicted molar refractivity (Wildman–Crippen MR) is 108 cm³/mol. The van der Waals surface area contributed by atoms with E-state index in [9.17, 15) is 4.79 Å². The first-order valence-corrected chi connectivity index (χ1v) is 9.67. The van der Waals surface area contributed by atoms with Gasteiger partial charge in [-0.05, 0) is 47.2 Å². The second-order valence-corrected chi connectivity index (χ2v) is 7.99. The van der Waals surface area contributed by atoms with Crippen LogP contribution in [0.25, 0.3) is 10.2 Å². The molecule has 0 fully saturated rings. The molecule has 136 valence electrons. The van der Waals surface area contributed by atoms with E-state index in [1.165, 1.54) is 22.5 Å². The maximum atomic E-state index is 12.1. The van der Waals surface area contributed by atoms with E-state index >= 15 is 0 Å². The summed E-state index contributed by atoms with van der Waals surface area (Å²) >= 11 is 1.49. The quantitative estimate of drug-likeness (QED) is 0.619. The van der Waals surface area contributed by atoms with Gasteiger partial charge < -0.3 is 4.74 Å². The average Bonchev–Trinajstić information content (AvgIpc) is 3.01. The molecule has 0 bridgehead atoms. The van der Waals surface area contributed by atoms with Gasteiger partial charge in [0.2, 0.25) is 0 Å². The third-order valence-corrected chi connectivity index (χ3v) is 5.18. The van der Waals surface area contributed by atoms with Gasteiger partial charge in [0.1, 0.15) is 5.75 Å². The largest absolute Gasteiger partial charge is 0.484 e. The van der Waals surface area contributed by atoms with Crippen molar-refractivity contribution in [1.82, 2.24) is 4.98 Å². The number of carbonyl (C=O) groups excluding carboxylic acids is 1. The Hall–Kier alpha value is -2.40.